The fourth-order valence-corrected chi connectivity index (χ4v) is 2.91. The van der Waals surface area contributed by atoms with Crippen molar-refractivity contribution in [2.75, 3.05) is 24.5 Å². The molecule has 1 fully saturated rings. The molecule has 0 aromatic carbocycles. The number of aliphatic hydroxyl groups is 1. The molecule has 1 aliphatic heterocycles. The number of hydrogen-bond donors (Lipinski definition) is 2. The number of aryl methyl sites for hydroxylation is 2. The zero-order valence-electron chi connectivity index (χ0n) is 13.8. The lowest BCUT2D eigenvalue weighted by atomic mass is 9.92. The van der Waals surface area contributed by atoms with Gasteiger partial charge in [0.1, 0.15) is 12.1 Å². The van der Waals surface area contributed by atoms with E-state index in [1.54, 1.807) is 6.92 Å². The molecule has 0 radical (unpaired) electrons. The highest BCUT2D eigenvalue weighted by molar-refractivity contribution is 5.92. The van der Waals surface area contributed by atoms with Crippen LogP contribution < -0.4 is 10.2 Å². The molecule has 2 aromatic heterocycles. The molecule has 8 heteroatoms. The molecule has 2 aromatic rings. The summed E-state index contributed by atoms with van der Waals surface area (Å²) in [6, 6.07) is 1.89. The van der Waals surface area contributed by atoms with Crippen LogP contribution in [0, 0.1) is 13.8 Å². The Morgan fingerprint density at radius 1 is 1.42 bits per heavy atom. The van der Waals surface area contributed by atoms with Gasteiger partial charge in [0, 0.05) is 31.4 Å². The first kappa shape index (κ1) is 16.4. The number of oxazole rings is 1. The van der Waals surface area contributed by atoms with E-state index in [4.69, 9.17) is 4.42 Å². The maximum atomic E-state index is 12.1. The first-order chi connectivity index (χ1) is 11.5. The van der Waals surface area contributed by atoms with Crippen molar-refractivity contribution in [1.29, 1.82) is 0 Å². The second-order valence-corrected chi connectivity index (χ2v) is 6.22. The third-order valence-corrected chi connectivity index (χ3v) is 4.20. The van der Waals surface area contributed by atoms with Gasteiger partial charge < -0.3 is 19.7 Å². The molecular formula is C16H21N5O3. The predicted molar refractivity (Wildman–Crippen MR) is 86.7 cm³/mol. The van der Waals surface area contributed by atoms with E-state index in [0.717, 1.165) is 24.5 Å². The van der Waals surface area contributed by atoms with Crippen LogP contribution in [-0.4, -0.2) is 51.2 Å². The van der Waals surface area contributed by atoms with Crippen molar-refractivity contribution in [3.63, 3.8) is 0 Å². The second-order valence-electron chi connectivity index (χ2n) is 6.22. The van der Waals surface area contributed by atoms with Gasteiger partial charge in [-0.1, -0.05) is 0 Å². The van der Waals surface area contributed by atoms with Gasteiger partial charge in [0.25, 0.3) is 5.91 Å². The zero-order valence-corrected chi connectivity index (χ0v) is 13.8. The molecular weight excluding hydrogens is 310 g/mol. The Balaban J connectivity index is 1.64. The van der Waals surface area contributed by atoms with Crippen molar-refractivity contribution >= 4 is 11.7 Å². The van der Waals surface area contributed by atoms with Gasteiger partial charge in [0.2, 0.25) is 5.76 Å². The molecule has 3 heterocycles. The van der Waals surface area contributed by atoms with Gasteiger partial charge in [0.15, 0.2) is 6.39 Å². The lowest BCUT2D eigenvalue weighted by molar-refractivity contribution is 0.0250. The van der Waals surface area contributed by atoms with Gasteiger partial charge >= 0.3 is 0 Å². The zero-order chi connectivity index (χ0) is 17.2. The highest BCUT2D eigenvalue weighted by atomic mass is 16.3. The van der Waals surface area contributed by atoms with Crippen LogP contribution in [0.5, 0.6) is 0 Å². The van der Waals surface area contributed by atoms with Crippen LogP contribution >= 0.6 is 0 Å². The van der Waals surface area contributed by atoms with E-state index in [0.29, 0.717) is 18.7 Å². The minimum atomic E-state index is -1.01. The first-order valence-electron chi connectivity index (χ1n) is 7.91. The topological polar surface area (TPSA) is 104 Å². The number of carbonyl (C=O) groups excluding carboxylic acids is 1. The Hall–Kier alpha value is -2.48. The number of carbonyl (C=O) groups is 1. The SMILES string of the molecule is Cc1cc(N2CCC[C@@](O)(CNC(=O)c3ocnc3C)C2)ncn1. The van der Waals surface area contributed by atoms with Crippen molar-refractivity contribution in [3.05, 3.63) is 35.9 Å². The molecule has 128 valence electrons. The highest BCUT2D eigenvalue weighted by Gasteiger charge is 2.34. The van der Waals surface area contributed by atoms with Crippen molar-refractivity contribution in [1.82, 2.24) is 20.3 Å². The van der Waals surface area contributed by atoms with E-state index < -0.39 is 5.60 Å². The number of anilines is 1. The summed E-state index contributed by atoms with van der Waals surface area (Å²) in [5.74, 6) is 0.601. The van der Waals surface area contributed by atoms with Crippen LogP contribution in [0.1, 0.15) is 34.8 Å². The molecule has 8 nitrogen and oxygen atoms in total. The standard InChI is InChI=1S/C16H21N5O3/c1-11-6-13(19-9-18-11)21-5-3-4-16(23,8-21)7-17-15(22)14-12(2)20-10-24-14/h6,9-10,23H,3-5,7-8H2,1-2H3,(H,17,22)/t16-/m1/s1. The van der Waals surface area contributed by atoms with Gasteiger partial charge in [-0.05, 0) is 26.7 Å². The number of rotatable bonds is 4. The van der Waals surface area contributed by atoms with E-state index in [1.807, 2.05) is 17.9 Å². The smallest absolute Gasteiger partial charge is 0.289 e. The lowest BCUT2D eigenvalue weighted by Crippen LogP contribution is -2.54. The molecule has 1 saturated heterocycles. The quantitative estimate of drug-likeness (QED) is 0.855. The normalized spacial score (nSPS) is 20.9. The number of hydrogen-bond acceptors (Lipinski definition) is 7. The van der Waals surface area contributed by atoms with Crippen molar-refractivity contribution in [3.8, 4) is 0 Å². The highest BCUT2D eigenvalue weighted by Crippen LogP contribution is 2.24. The summed E-state index contributed by atoms with van der Waals surface area (Å²) in [7, 11) is 0. The van der Waals surface area contributed by atoms with E-state index in [9.17, 15) is 9.90 Å². The molecule has 1 amide bonds. The molecule has 1 aliphatic rings. The minimum absolute atomic E-state index is 0.145. The summed E-state index contributed by atoms with van der Waals surface area (Å²) in [5.41, 5.74) is 0.394. The van der Waals surface area contributed by atoms with Gasteiger partial charge in [-0.15, -0.1) is 0 Å². The molecule has 1 atom stereocenters. The van der Waals surface area contributed by atoms with Gasteiger partial charge in [-0.25, -0.2) is 15.0 Å². The summed E-state index contributed by atoms with van der Waals surface area (Å²) in [6.45, 7) is 4.97. The molecule has 0 spiro atoms. The summed E-state index contributed by atoms with van der Waals surface area (Å²) in [5, 5.41) is 13.6. The summed E-state index contributed by atoms with van der Waals surface area (Å²) in [4.78, 5) is 26.4. The Kier molecular flexibility index (Phi) is 4.48. The third-order valence-electron chi connectivity index (χ3n) is 4.20. The van der Waals surface area contributed by atoms with E-state index in [-0.39, 0.29) is 18.2 Å². The van der Waals surface area contributed by atoms with E-state index in [2.05, 4.69) is 20.3 Å². The Labute approximate surface area is 139 Å². The molecule has 24 heavy (non-hydrogen) atoms. The summed E-state index contributed by atoms with van der Waals surface area (Å²) >= 11 is 0. The van der Waals surface area contributed by atoms with Crippen LogP contribution in [0.15, 0.2) is 23.2 Å². The number of nitrogens with one attached hydrogen (secondary N) is 1. The Morgan fingerprint density at radius 3 is 2.96 bits per heavy atom. The van der Waals surface area contributed by atoms with Crippen LogP contribution in [0.2, 0.25) is 0 Å². The fraction of sp³-hybridized carbons (Fsp3) is 0.500. The predicted octanol–water partition coefficient (Wildman–Crippen LogP) is 0.843. The molecule has 0 unspecified atom stereocenters. The van der Waals surface area contributed by atoms with Crippen molar-refractivity contribution in [2.45, 2.75) is 32.3 Å². The number of aromatic nitrogens is 3. The molecule has 3 rings (SSSR count). The summed E-state index contributed by atoms with van der Waals surface area (Å²) < 4.78 is 5.07. The van der Waals surface area contributed by atoms with E-state index in [1.165, 1.54) is 12.7 Å². The maximum Gasteiger partial charge on any atom is 0.289 e. The second kappa shape index (κ2) is 6.56. The average molecular weight is 331 g/mol. The number of piperidine rings is 1. The van der Waals surface area contributed by atoms with Gasteiger partial charge in [-0.2, -0.15) is 0 Å². The molecule has 0 saturated carbocycles. The number of β-amino-alcohol motifs (C(OH)–C–C–N with tert-alkyl or cyclic N) is 1. The Bertz CT molecular complexity index is 732. The average Bonchev–Trinajstić information content (AvgIpc) is 2.99. The van der Waals surface area contributed by atoms with Crippen molar-refractivity contribution in [2.24, 2.45) is 0 Å². The minimum Gasteiger partial charge on any atom is -0.438 e. The molecule has 0 bridgehead atoms. The fourth-order valence-electron chi connectivity index (χ4n) is 2.91. The van der Waals surface area contributed by atoms with Crippen LogP contribution in [0.4, 0.5) is 5.82 Å². The van der Waals surface area contributed by atoms with Crippen LogP contribution in [-0.2, 0) is 0 Å². The summed E-state index contributed by atoms with van der Waals surface area (Å²) in [6.07, 6.45) is 4.19. The van der Waals surface area contributed by atoms with E-state index >= 15 is 0 Å². The molecule has 2 N–H and O–H groups in total. The van der Waals surface area contributed by atoms with Gasteiger partial charge in [0.05, 0.1) is 11.3 Å². The van der Waals surface area contributed by atoms with Crippen molar-refractivity contribution < 1.29 is 14.3 Å². The number of amides is 1. The van der Waals surface area contributed by atoms with Crippen LogP contribution in [0.3, 0.4) is 0 Å². The van der Waals surface area contributed by atoms with Gasteiger partial charge in [-0.3, -0.25) is 4.79 Å². The van der Waals surface area contributed by atoms with Crippen LogP contribution in [0.25, 0.3) is 0 Å². The third kappa shape index (κ3) is 3.53. The monoisotopic (exact) mass is 331 g/mol. The lowest BCUT2D eigenvalue weighted by Gasteiger charge is -2.39. The Morgan fingerprint density at radius 2 is 2.25 bits per heavy atom. The number of nitrogens with zero attached hydrogens (tertiary/aromatic N) is 4. The maximum absolute atomic E-state index is 12.1. The largest absolute Gasteiger partial charge is 0.438 e. The first-order valence-corrected chi connectivity index (χ1v) is 7.91. The molecule has 0 aliphatic carbocycles.